The Morgan fingerprint density at radius 2 is 1.96 bits per heavy atom. The number of esters is 2. The topological polar surface area (TPSA) is 82.1 Å². The van der Waals surface area contributed by atoms with Crippen LogP contribution in [0.25, 0.3) is 10.8 Å². The highest BCUT2D eigenvalue weighted by Gasteiger charge is 2.58. The first-order valence-electron chi connectivity index (χ1n) is 8.73. The molecule has 2 bridgehead atoms. The van der Waals surface area contributed by atoms with Crippen LogP contribution >= 0.6 is 0 Å². The summed E-state index contributed by atoms with van der Waals surface area (Å²) in [5.74, 6) is 0.106. The van der Waals surface area contributed by atoms with Crippen molar-refractivity contribution in [1.82, 2.24) is 0 Å². The normalized spacial score (nSPS) is 27.1. The third-order valence-electron chi connectivity index (χ3n) is 4.91. The van der Waals surface area contributed by atoms with Crippen molar-refractivity contribution in [3.05, 3.63) is 55.0 Å². The minimum Gasteiger partial charge on any atom is -0.507 e. The van der Waals surface area contributed by atoms with Crippen LogP contribution < -0.4 is 4.74 Å². The molecular formula is C21H19O6. The molecule has 3 saturated heterocycles. The van der Waals surface area contributed by atoms with Crippen molar-refractivity contribution in [2.75, 3.05) is 0 Å². The molecule has 0 spiro atoms. The van der Waals surface area contributed by atoms with Crippen LogP contribution in [0.2, 0.25) is 0 Å². The van der Waals surface area contributed by atoms with Crippen LogP contribution in [-0.4, -0.2) is 35.4 Å². The zero-order valence-electron chi connectivity index (χ0n) is 14.8. The smallest absolute Gasteiger partial charge is 0.338 e. The summed E-state index contributed by atoms with van der Waals surface area (Å²) >= 11 is 0. The average molecular weight is 367 g/mol. The van der Waals surface area contributed by atoms with Crippen molar-refractivity contribution in [3.8, 4) is 11.5 Å². The van der Waals surface area contributed by atoms with E-state index in [2.05, 4.69) is 6.58 Å². The summed E-state index contributed by atoms with van der Waals surface area (Å²) in [7, 11) is 0. The van der Waals surface area contributed by atoms with Crippen molar-refractivity contribution in [2.24, 2.45) is 5.92 Å². The minimum absolute atomic E-state index is 0.0174. The standard InChI is InChI=1S/C14H12O3.C7H7O3/c1-9(2)14(16)17-13-8-4-5-10-11(13)6-3-7-12(10)15;8-7-4-1-3-2-5(10-7)6(4)9-3/h3-8,15H,1H2,2H3;2-6H,1H2. The Bertz CT molecular complexity index is 931. The molecule has 6 heteroatoms. The molecule has 3 fully saturated rings. The highest BCUT2D eigenvalue weighted by molar-refractivity contribution is 5.96. The Hall–Kier alpha value is -2.86. The molecule has 2 aromatic carbocycles. The number of phenols is 1. The Morgan fingerprint density at radius 1 is 1.22 bits per heavy atom. The van der Waals surface area contributed by atoms with E-state index in [0.29, 0.717) is 22.1 Å². The van der Waals surface area contributed by atoms with Gasteiger partial charge in [0.1, 0.15) is 23.7 Å². The Morgan fingerprint density at radius 3 is 2.63 bits per heavy atom. The molecule has 4 atom stereocenters. The summed E-state index contributed by atoms with van der Waals surface area (Å²) in [4.78, 5) is 22.4. The van der Waals surface area contributed by atoms with Crippen molar-refractivity contribution in [2.45, 2.75) is 31.7 Å². The highest BCUT2D eigenvalue weighted by Crippen LogP contribution is 2.45. The van der Waals surface area contributed by atoms with Gasteiger partial charge < -0.3 is 19.3 Å². The van der Waals surface area contributed by atoms with Gasteiger partial charge in [0, 0.05) is 22.8 Å². The fourth-order valence-electron chi connectivity index (χ4n) is 3.59. The fraction of sp³-hybridized carbons (Fsp3) is 0.286. The maximum absolute atomic E-state index is 11.5. The maximum atomic E-state index is 11.5. The quantitative estimate of drug-likeness (QED) is 0.499. The van der Waals surface area contributed by atoms with E-state index >= 15 is 0 Å². The Balaban J connectivity index is 0.000000150. The molecule has 0 aromatic heterocycles. The van der Waals surface area contributed by atoms with Crippen LogP contribution in [0.15, 0.2) is 48.6 Å². The Kier molecular flexibility index (Phi) is 4.36. The fourth-order valence-corrected chi connectivity index (χ4v) is 3.59. The van der Waals surface area contributed by atoms with Crippen molar-refractivity contribution in [3.63, 3.8) is 0 Å². The van der Waals surface area contributed by atoms with Gasteiger partial charge in [-0.1, -0.05) is 30.8 Å². The largest absolute Gasteiger partial charge is 0.507 e. The number of carbonyl (C=O) groups excluding carboxylic acids is 2. The van der Waals surface area contributed by atoms with Crippen LogP contribution in [-0.2, 0) is 19.1 Å². The average Bonchev–Trinajstić information content (AvgIpc) is 3.27. The van der Waals surface area contributed by atoms with Crippen molar-refractivity contribution < 1.29 is 28.9 Å². The van der Waals surface area contributed by atoms with E-state index in [9.17, 15) is 14.7 Å². The first-order chi connectivity index (χ1) is 12.9. The van der Waals surface area contributed by atoms with E-state index in [1.54, 1.807) is 43.3 Å². The van der Waals surface area contributed by atoms with Crippen LogP contribution in [0, 0.1) is 12.3 Å². The molecule has 27 heavy (non-hydrogen) atoms. The third kappa shape index (κ3) is 3.17. The zero-order chi connectivity index (χ0) is 19.1. The van der Waals surface area contributed by atoms with Crippen LogP contribution in [0.4, 0.5) is 0 Å². The number of benzene rings is 2. The number of fused-ring (bicyclic) bond motifs is 2. The number of hydrogen-bond donors (Lipinski definition) is 1. The second-order valence-corrected chi connectivity index (χ2v) is 6.87. The summed E-state index contributed by atoms with van der Waals surface area (Å²) < 4.78 is 15.6. The second kappa shape index (κ2) is 6.70. The lowest BCUT2D eigenvalue weighted by molar-refractivity contribution is -0.142. The monoisotopic (exact) mass is 367 g/mol. The molecule has 4 unspecified atom stereocenters. The van der Waals surface area contributed by atoms with Crippen LogP contribution in [0.5, 0.6) is 11.5 Å². The van der Waals surface area contributed by atoms with Crippen molar-refractivity contribution in [1.29, 1.82) is 0 Å². The first-order valence-corrected chi connectivity index (χ1v) is 8.73. The number of aromatic hydroxyl groups is 1. The van der Waals surface area contributed by atoms with Gasteiger partial charge in [-0.2, -0.15) is 0 Å². The van der Waals surface area contributed by atoms with Gasteiger partial charge in [-0.05, 0) is 25.5 Å². The number of rotatable bonds is 2. The van der Waals surface area contributed by atoms with E-state index in [4.69, 9.17) is 14.2 Å². The SMILES string of the molecule is C=C(C)C(=O)Oc1cccc2c(O)cccc12.O=C1OC2[CH]C3CC1C2O3. The molecule has 1 radical (unpaired) electrons. The molecular weight excluding hydrogens is 348 g/mol. The lowest BCUT2D eigenvalue weighted by atomic mass is 9.90. The van der Waals surface area contributed by atoms with Gasteiger partial charge >= 0.3 is 11.9 Å². The second-order valence-electron chi connectivity index (χ2n) is 6.87. The van der Waals surface area contributed by atoms with Gasteiger partial charge in [0.15, 0.2) is 0 Å². The van der Waals surface area contributed by atoms with E-state index in [1.165, 1.54) is 0 Å². The summed E-state index contributed by atoms with van der Waals surface area (Å²) in [6, 6.07) is 10.3. The summed E-state index contributed by atoms with van der Waals surface area (Å²) in [5, 5.41) is 11.0. The number of carbonyl (C=O) groups is 2. The third-order valence-corrected chi connectivity index (χ3v) is 4.91. The predicted molar refractivity (Wildman–Crippen MR) is 97.0 cm³/mol. The molecule has 0 amide bonds. The molecule has 0 aliphatic carbocycles. The number of ether oxygens (including phenoxy) is 3. The van der Waals surface area contributed by atoms with Crippen LogP contribution in [0.1, 0.15) is 13.3 Å². The first kappa shape index (κ1) is 17.5. The lowest BCUT2D eigenvalue weighted by Gasteiger charge is -2.08. The predicted octanol–water partition coefficient (Wildman–Crippen LogP) is 2.93. The van der Waals surface area contributed by atoms with Gasteiger partial charge in [0.05, 0.1) is 12.0 Å². The Labute approximate surface area is 156 Å². The lowest BCUT2D eigenvalue weighted by Crippen LogP contribution is -2.22. The molecule has 3 heterocycles. The molecule has 3 aliphatic heterocycles. The van der Waals surface area contributed by atoms with Gasteiger partial charge in [-0.3, -0.25) is 4.79 Å². The van der Waals surface area contributed by atoms with E-state index in [0.717, 1.165) is 6.42 Å². The van der Waals surface area contributed by atoms with Gasteiger partial charge in [-0.15, -0.1) is 0 Å². The van der Waals surface area contributed by atoms with Gasteiger partial charge in [0.25, 0.3) is 0 Å². The van der Waals surface area contributed by atoms with E-state index in [-0.39, 0.29) is 35.9 Å². The van der Waals surface area contributed by atoms with Crippen LogP contribution in [0.3, 0.4) is 0 Å². The highest BCUT2D eigenvalue weighted by atomic mass is 16.6. The molecule has 5 rings (SSSR count). The zero-order valence-corrected chi connectivity index (χ0v) is 14.8. The van der Waals surface area contributed by atoms with Gasteiger partial charge in [0.2, 0.25) is 0 Å². The maximum Gasteiger partial charge on any atom is 0.338 e. The number of hydrogen-bond acceptors (Lipinski definition) is 6. The van der Waals surface area contributed by atoms with Gasteiger partial charge in [-0.25, -0.2) is 4.79 Å². The molecule has 0 saturated carbocycles. The summed E-state index contributed by atoms with van der Waals surface area (Å²) in [6.07, 6.45) is 3.09. The summed E-state index contributed by atoms with van der Waals surface area (Å²) in [6.45, 7) is 5.11. The molecule has 2 aromatic rings. The summed E-state index contributed by atoms with van der Waals surface area (Å²) in [5.41, 5.74) is 0.335. The minimum atomic E-state index is -0.471. The molecule has 3 aliphatic rings. The molecule has 6 nitrogen and oxygen atoms in total. The van der Waals surface area contributed by atoms with E-state index in [1.807, 2.05) is 6.42 Å². The number of phenolic OH excluding ortho intramolecular Hbond substituents is 1. The van der Waals surface area contributed by atoms with E-state index < -0.39 is 5.97 Å². The van der Waals surface area contributed by atoms with Crippen molar-refractivity contribution >= 4 is 22.7 Å². The molecule has 1 N–H and O–H groups in total. The molecule has 139 valence electrons.